The molecule has 0 radical (unpaired) electrons. The predicted molar refractivity (Wildman–Crippen MR) is 82.2 cm³/mol. The highest BCUT2D eigenvalue weighted by atomic mass is 16.5. The van der Waals surface area contributed by atoms with Crippen molar-refractivity contribution >= 4 is 28.6 Å². The molecule has 1 amide bonds. The standard InChI is InChI=1S/C17H17NO5/c1-2-22-17(21)15-7-11-5-6-12(8-14(11)23-15)16(20)18-9-13(19)10-3-4-10/h5-8,10H,2-4,9H2,1H3,(H,18,20). The van der Waals surface area contributed by atoms with Crippen molar-refractivity contribution in [3.63, 3.8) is 0 Å². The second kappa shape index (κ2) is 6.24. The highest BCUT2D eigenvalue weighted by Gasteiger charge is 2.29. The van der Waals surface area contributed by atoms with Gasteiger partial charge >= 0.3 is 5.97 Å². The number of hydrogen-bond acceptors (Lipinski definition) is 5. The Kier molecular flexibility index (Phi) is 4.14. The van der Waals surface area contributed by atoms with Gasteiger partial charge in [0.05, 0.1) is 13.2 Å². The molecule has 1 fully saturated rings. The molecule has 0 bridgehead atoms. The number of furan rings is 1. The molecule has 1 aromatic heterocycles. The van der Waals surface area contributed by atoms with E-state index in [4.69, 9.17) is 9.15 Å². The van der Waals surface area contributed by atoms with Crippen LogP contribution < -0.4 is 5.32 Å². The fourth-order valence-electron chi connectivity index (χ4n) is 2.29. The Morgan fingerprint density at radius 2 is 2.04 bits per heavy atom. The van der Waals surface area contributed by atoms with Crippen molar-refractivity contribution in [2.45, 2.75) is 19.8 Å². The summed E-state index contributed by atoms with van der Waals surface area (Å²) in [6.45, 7) is 2.03. The van der Waals surface area contributed by atoms with Crippen molar-refractivity contribution < 1.29 is 23.5 Å². The first kappa shape index (κ1) is 15.3. The third kappa shape index (κ3) is 3.41. The van der Waals surface area contributed by atoms with Gasteiger partial charge in [-0.3, -0.25) is 9.59 Å². The van der Waals surface area contributed by atoms with Crippen LogP contribution in [0.25, 0.3) is 11.0 Å². The zero-order valence-electron chi connectivity index (χ0n) is 12.8. The molecule has 6 nitrogen and oxygen atoms in total. The third-order valence-corrected chi connectivity index (χ3v) is 3.71. The first-order valence-electron chi connectivity index (χ1n) is 7.60. The van der Waals surface area contributed by atoms with Crippen LogP contribution in [0.15, 0.2) is 28.7 Å². The first-order chi connectivity index (χ1) is 11.1. The lowest BCUT2D eigenvalue weighted by atomic mass is 10.1. The van der Waals surface area contributed by atoms with Crippen molar-refractivity contribution in [3.05, 3.63) is 35.6 Å². The summed E-state index contributed by atoms with van der Waals surface area (Å²) in [5.41, 5.74) is 0.806. The molecule has 23 heavy (non-hydrogen) atoms. The number of fused-ring (bicyclic) bond motifs is 1. The number of ketones is 1. The molecule has 3 rings (SSSR count). The van der Waals surface area contributed by atoms with Crippen LogP contribution in [0, 0.1) is 5.92 Å². The monoisotopic (exact) mass is 315 g/mol. The molecule has 1 aromatic carbocycles. The Labute approximate surface area is 132 Å². The minimum absolute atomic E-state index is 0.0494. The SMILES string of the molecule is CCOC(=O)c1cc2ccc(C(=O)NCC(=O)C3CC3)cc2o1. The number of amides is 1. The summed E-state index contributed by atoms with van der Waals surface area (Å²) in [6, 6.07) is 6.45. The zero-order chi connectivity index (χ0) is 16.4. The van der Waals surface area contributed by atoms with E-state index in [1.54, 1.807) is 31.2 Å². The quantitative estimate of drug-likeness (QED) is 0.827. The second-order valence-corrected chi connectivity index (χ2v) is 5.51. The van der Waals surface area contributed by atoms with Gasteiger partial charge in [0.2, 0.25) is 5.76 Å². The fourth-order valence-corrected chi connectivity index (χ4v) is 2.29. The fraction of sp³-hybridized carbons (Fsp3) is 0.353. The maximum atomic E-state index is 12.1. The molecule has 0 aliphatic heterocycles. The van der Waals surface area contributed by atoms with E-state index in [0.717, 1.165) is 12.8 Å². The molecule has 1 saturated carbocycles. The molecule has 0 saturated heterocycles. The highest BCUT2D eigenvalue weighted by Crippen LogP contribution is 2.29. The molecule has 0 atom stereocenters. The van der Waals surface area contributed by atoms with Crippen LogP contribution in [0.2, 0.25) is 0 Å². The Bertz CT molecular complexity index is 772. The summed E-state index contributed by atoms with van der Waals surface area (Å²) in [7, 11) is 0. The van der Waals surface area contributed by atoms with Crippen LogP contribution in [0.5, 0.6) is 0 Å². The van der Waals surface area contributed by atoms with Crippen molar-refractivity contribution in [1.82, 2.24) is 5.32 Å². The number of nitrogens with one attached hydrogen (secondary N) is 1. The Morgan fingerprint density at radius 1 is 1.26 bits per heavy atom. The molecular weight excluding hydrogens is 298 g/mol. The van der Waals surface area contributed by atoms with Crippen LogP contribution in [-0.2, 0) is 9.53 Å². The van der Waals surface area contributed by atoms with E-state index in [9.17, 15) is 14.4 Å². The molecule has 6 heteroatoms. The summed E-state index contributed by atoms with van der Waals surface area (Å²) in [5.74, 6) is -0.583. The molecule has 0 unspecified atom stereocenters. The smallest absolute Gasteiger partial charge is 0.374 e. The number of carbonyl (C=O) groups excluding carboxylic acids is 3. The summed E-state index contributed by atoms with van der Waals surface area (Å²) in [4.78, 5) is 35.3. The Balaban J connectivity index is 1.72. The number of ether oxygens (including phenoxy) is 1. The molecule has 0 spiro atoms. The second-order valence-electron chi connectivity index (χ2n) is 5.51. The lowest BCUT2D eigenvalue weighted by Crippen LogP contribution is -2.30. The third-order valence-electron chi connectivity index (χ3n) is 3.71. The van der Waals surface area contributed by atoms with E-state index in [0.29, 0.717) is 16.5 Å². The molecule has 120 valence electrons. The first-order valence-corrected chi connectivity index (χ1v) is 7.60. The van der Waals surface area contributed by atoms with Crippen molar-refractivity contribution in [2.75, 3.05) is 13.2 Å². The van der Waals surface area contributed by atoms with Crippen LogP contribution in [-0.4, -0.2) is 30.8 Å². The van der Waals surface area contributed by atoms with Crippen molar-refractivity contribution in [1.29, 1.82) is 0 Å². The van der Waals surface area contributed by atoms with Gasteiger partial charge < -0.3 is 14.5 Å². The van der Waals surface area contributed by atoms with Gasteiger partial charge in [0.25, 0.3) is 5.91 Å². The van der Waals surface area contributed by atoms with Crippen LogP contribution >= 0.6 is 0 Å². The molecule has 1 N–H and O–H groups in total. The van der Waals surface area contributed by atoms with E-state index in [-0.39, 0.29) is 36.5 Å². The summed E-state index contributed by atoms with van der Waals surface area (Å²) in [5, 5.41) is 3.32. The Morgan fingerprint density at radius 3 is 2.74 bits per heavy atom. The zero-order valence-corrected chi connectivity index (χ0v) is 12.8. The highest BCUT2D eigenvalue weighted by molar-refractivity contribution is 6.00. The predicted octanol–water partition coefficient (Wildman–Crippen LogP) is 2.32. The average molecular weight is 315 g/mol. The number of esters is 1. The van der Waals surface area contributed by atoms with E-state index in [2.05, 4.69) is 5.32 Å². The van der Waals surface area contributed by atoms with Gasteiger partial charge in [-0.05, 0) is 38.0 Å². The number of hydrogen-bond donors (Lipinski definition) is 1. The summed E-state index contributed by atoms with van der Waals surface area (Å²) >= 11 is 0. The van der Waals surface area contributed by atoms with Crippen LogP contribution in [0.1, 0.15) is 40.7 Å². The number of carbonyl (C=O) groups is 3. The minimum atomic E-state index is -0.537. The molecule has 1 aliphatic rings. The van der Waals surface area contributed by atoms with Gasteiger partial charge in [-0.15, -0.1) is 0 Å². The van der Waals surface area contributed by atoms with Gasteiger partial charge in [-0.1, -0.05) is 6.07 Å². The molecule has 2 aromatic rings. The summed E-state index contributed by atoms with van der Waals surface area (Å²) < 4.78 is 10.3. The lowest BCUT2D eigenvalue weighted by molar-refractivity contribution is -0.119. The number of rotatable bonds is 6. The van der Waals surface area contributed by atoms with E-state index < -0.39 is 5.97 Å². The van der Waals surface area contributed by atoms with Gasteiger partial charge in [0.1, 0.15) is 5.58 Å². The molecule has 1 aliphatic carbocycles. The van der Waals surface area contributed by atoms with Crippen molar-refractivity contribution in [3.8, 4) is 0 Å². The van der Waals surface area contributed by atoms with E-state index >= 15 is 0 Å². The van der Waals surface area contributed by atoms with Crippen molar-refractivity contribution in [2.24, 2.45) is 5.92 Å². The Hall–Kier alpha value is -2.63. The summed E-state index contributed by atoms with van der Waals surface area (Å²) in [6.07, 6.45) is 1.84. The largest absolute Gasteiger partial charge is 0.460 e. The van der Waals surface area contributed by atoms with Gasteiger partial charge in [-0.2, -0.15) is 0 Å². The minimum Gasteiger partial charge on any atom is -0.460 e. The van der Waals surface area contributed by atoms with Gasteiger partial charge in [-0.25, -0.2) is 4.79 Å². The van der Waals surface area contributed by atoms with E-state index in [1.165, 1.54) is 0 Å². The van der Waals surface area contributed by atoms with Crippen LogP contribution in [0.4, 0.5) is 0 Å². The normalized spacial score (nSPS) is 13.8. The van der Waals surface area contributed by atoms with Crippen LogP contribution in [0.3, 0.4) is 0 Å². The van der Waals surface area contributed by atoms with E-state index in [1.807, 2.05) is 0 Å². The van der Waals surface area contributed by atoms with Gasteiger partial charge in [0.15, 0.2) is 5.78 Å². The van der Waals surface area contributed by atoms with Gasteiger partial charge in [0, 0.05) is 16.9 Å². The number of Topliss-reactive ketones (excluding diaryl/α,β-unsaturated/α-hetero) is 1. The topological polar surface area (TPSA) is 85.6 Å². The molecular formula is C17H17NO5. The average Bonchev–Trinajstić information content (AvgIpc) is 3.30. The maximum Gasteiger partial charge on any atom is 0.374 e. The molecule has 1 heterocycles. The lowest BCUT2D eigenvalue weighted by Gasteiger charge is -2.03. The number of benzene rings is 1. The maximum absolute atomic E-state index is 12.1.